The van der Waals surface area contributed by atoms with Crippen molar-refractivity contribution in [1.82, 2.24) is 9.97 Å². The predicted octanol–water partition coefficient (Wildman–Crippen LogP) is 0.872. The van der Waals surface area contributed by atoms with E-state index in [1.807, 2.05) is 0 Å². The Hall–Kier alpha value is -1.56. The molecule has 0 radical (unpaired) electrons. The number of rotatable bonds is 3. The van der Waals surface area contributed by atoms with Gasteiger partial charge in [0.25, 0.3) is 0 Å². The summed E-state index contributed by atoms with van der Waals surface area (Å²) in [5.41, 5.74) is 12.7. The third kappa shape index (κ3) is 2.20. The molecular weight excluding hydrogens is 242 g/mol. The summed E-state index contributed by atoms with van der Waals surface area (Å²) in [4.78, 5) is 10.9. The highest BCUT2D eigenvalue weighted by Gasteiger charge is 2.31. The van der Waals surface area contributed by atoms with E-state index in [2.05, 4.69) is 14.9 Å². The third-order valence-electron chi connectivity index (χ3n) is 4.05. The minimum Gasteiger partial charge on any atom is -0.491 e. The first-order chi connectivity index (χ1) is 9.19. The Labute approximate surface area is 113 Å². The lowest BCUT2D eigenvalue weighted by molar-refractivity contribution is 0.393. The average Bonchev–Trinajstić information content (AvgIpc) is 2.87. The molecule has 2 heterocycles. The molecule has 1 aliphatic carbocycles. The maximum atomic E-state index is 5.87. The highest BCUT2D eigenvalue weighted by atomic mass is 16.5. The Morgan fingerprint density at radius 3 is 2.47 bits per heavy atom. The van der Waals surface area contributed by atoms with Gasteiger partial charge in [-0.2, -0.15) is 4.98 Å². The molecule has 0 amide bonds. The summed E-state index contributed by atoms with van der Waals surface area (Å²) in [7, 11) is 1.68. The third-order valence-corrected chi connectivity index (χ3v) is 4.05. The Kier molecular flexibility index (Phi) is 3.18. The molecule has 0 unspecified atom stereocenters. The van der Waals surface area contributed by atoms with Gasteiger partial charge in [-0.05, 0) is 12.8 Å². The number of nitrogen functional groups attached to an aromatic ring is 1. The fraction of sp³-hybridized carbons (Fsp3) is 0.692. The quantitative estimate of drug-likeness (QED) is 0.841. The number of methoxy groups -OCH3 is 1. The van der Waals surface area contributed by atoms with Crippen molar-refractivity contribution in [3.8, 4) is 5.75 Å². The fourth-order valence-electron chi connectivity index (χ4n) is 3.04. The summed E-state index contributed by atoms with van der Waals surface area (Å²) in [5, 5.41) is 0. The minimum absolute atomic E-state index is 0.218. The summed E-state index contributed by atoms with van der Waals surface area (Å²) in [6.45, 7) is 1.60. The number of nitrogens with two attached hydrogens (primary N) is 2. The Balaban J connectivity index is 1.98. The van der Waals surface area contributed by atoms with Crippen LogP contribution >= 0.6 is 0 Å². The number of hydrogen-bond acceptors (Lipinski definition) is 6. The van der Waals surface area contributed by atoms with Crippen LogP contribution in [0.1, 0.15) is 37.3 Å². The predicted molar refractivity (Wildman–Crippen MR) is 74.4 cm³/mol. The second-order valence-corrected chi connectivity index (χ2v) is 5.47. The van der Waals surface area contributed by atoms with E-state index in [1.165, 1.54) is 12.8 Å². The van der Waals surface area contributed by atoms with E-state index in [1.54, 1.807) is 7.11 Å². The zero-order valence-electron chi connectivity index (χ0n) is 11.3. The lowest BCUT2D eigenvalue weighted by atomic mass is 10.0. The van der Waals surface area contributed by atoms with Crippen LogP contribution in [0.4, 0.5) is 11.8 Å². The van der Waals surface area contributed by atoms with Crippen LogP contribution in [-0.2, 0) is 0 Å². The van der Waals surface area contributed by atoms with Crippen LogP contribution in [0.5, 0.6) is 5.75 Å². The average molecular weight is 263 g/mol. The molecule has 6 nitrogen and oxygen atoms in total. The van der Waals surface area contributed by atoms with Crippen molar-refractivity contribution < 1.29 is 4.74 Å². The van der Waals surface area contributed by atoms with Gasteiger partial charge in [0.05, 0.1) is 12.8 Å². The van der Waals surface area contributed by atoms with Crippen molar-refractivity contribution in [2.75, 3.05) is 30.8 Å². The molecule has 0 bridgehead atoms. The summed E-state index contributed by atoms with van der Waals surface area (Å²) >= 11 is 0. The second kappa shape index (κ2) is 4.85. The summed E-state index contributed by atoms with van der Waals surface area (Å²) in [6, 6.07) is 0.218. The molecule has 0 aromatic carbocycles. The van der Waals surface area contributed by atoms with Gasteiger partial charge in [-0.25, -0.2) is 4.98 Å². The molecule has 2 aliphatic rings. The van der Waals surface area contributed by atoms with Gasteiger partial charge in [0, 0.05) is 25.0 Å². The van der Waals surface area contributed by atoms with Crippen molar-refractivity contribution >= 4 is 11.8 Å². The fourth-order valence-corrected chi connectivity index (χ4v) is 3.04. The Bertz CT molecular complexity index is 466. The number of anilines is 2. The smallest absolute Gasteiger partial charge is 0.222 e. The standard InChI is InChI=1S/C13H21N5O/c1-19-11-10(8-4-2-3-5-8)16-13(15)17-12(11)18-6-9(14)7-18/h8-9H,2-7,14H2,1H3,(H2,15,16,17). The number of aromatic nitrogens is 2. The number of nitrogens with zero attached hydrogens (tertiary/aromatic N) is 3. The van der Waals surface area contributed by atoms with Gasteiger partial charge in [-0.1, -0.05) is 12.8 Å². The zero-order valence-corrected chi connectivity index (χ0v) is 11.3. The molecule has 1 aromatic rings. The number of hydrogen-bond donors (Lipinski definition) is 2. The molecule has 19 heavy (non-hydrogen) atoms. The van der Waals surface area contributed by atoms with Gasteiger partial charge in [0.15, 0.2) is 11.6 Å². The van der Waals surface area contributed by atoms with E-state index in [0.717, 1.165) is 43.2 Å². The SMILES string of the molecule is COc1c(C2CCCC2)nc(N)nc1N1CC(N)C1. The van der Waals surface area contributed by atoms with Crippen LogP contribution in [0.25, 0.3) is 0 Å². The Morgan fingerprint density at radius 1 is 1.21 bits per heavy atom. The van der Waals surface area contributed by atoms with Gasteiger partial charge in [-0.3, -0.25) is 0 Å². The molecule has 0 atom stereocenters. The van der Waals surface area contributed by atoms with Gasteiger partial charge >= 0.3 is 0 Å². The molecular formula is C13H21N5O. The van der Waals surface area contributed by atoms with Gasteiger partial charge < -0.3 is 21.1 Å². The zero-order chi connectivity index (χ0) is 13.4. The monoisotopic (exact) mass is 263 g/mol. The molecule has 1 saturated heterocycles. The van der Waals surface area contributed by atoms with Crippen molar-refractivity contribution in [2.45, 2.75) is 37.6 Å². The maximum Gasteiger partial charge on any atom is 0.222 e. The summed E-state index contributed by atoms with van der Waals surface area (Å²) in [5.74, 6) is 2.37. The molecule has 1 saturated carbocycles. The van der Waals surface area contributed by atoms with E-state index in [-0.39, 0.29) is 6.04 Å². The second-order valence-electron chi connectivity index (χ2n) is 5.47. The van der Waals surface area contributed by atoms with Crippen molar-refractivity contribution in [3.63, 3.8) is 0 Å². The van der Waals surface area contributed by atoms with Crippen LogP contribution in [0.15, 0.2) is 0 Å². The van der Waals surface area contributed by atoms with Crippen LogP contribution in [0, 0.1) is 0 Å². The molecule has 2 fully saturated rings. The molecule has 4 N–H and O–H groups in total. The summed E-state index contributed by atoms with van der Waals surface area (Å²) < 4.78 is 5.57. The van der Waals surface area contributed by atoms with Crippen LogP contribution in [0.2, 0.25) is 0 Å². The molecule has 104 valence electrons. The van der Waals surface area contributed by atoms with Crippen molar-refractivity contribution in [2.24, 2.45) is 5.73 Å². The topological polar surface area (TPSA) is 90.3 Å². The molecule has 6 heteroatoms. The van der Waals surface area contributed by atoms with E-state index >= 15 is 0 Å². The molecule has 1 aromatic heterocycles. The van der Waals surface area contributed by atoms with Gasteiger partial charge in [0.2, 0.25) is 5.95 Å². The Morgan fingerprint density at radius 2 is 1.89 bits per heavy atom. The van der Waals surface area contributed by atoms with Crippen LogP contribution < -0.4 is 21.1 Å². The lowest BCUT2D eigenvalue weighted by Gasteiger charge is -2.38. The largest absolute Gasteiger partial charge is 0.491 e. The van der Waals surface area contributed by atoms with Crippen molar-refractivity contribution in [1.29, 1.82) is 0 Å². The highest BCUT2D eigenvalue weighted by Crippen LogP contribution is 2.42. The first-order valence-corrected chi connectivity index (χ1v) is 6.91. The van der Waals surface area contributed by atoms with Gasteiger partial charge in [0.1, 0.15) is 0 Å². The molecule has 1 aliphatic heterocycles. The van der Waals surface area contributed by atoms with E-state index < -0.39 is 0 Å². The van der Waals surface area contributed by atoms with Gasteiger partial charge in [-0.15, -0.1) is 0 Å². The maximum absolute atomic E-state index is 5.87. The molecule has 0 spiro atoms. The molecule has 3 rings (SSSR count). The van der Waals surface area contributed by atoms with Crippen LogP contribution in [0.3, 0.4) is 0 Å². The van der Waals surface area contributed by atoms with E-state index in [9.17, 15) is 0 Å². The summed E-state index contributed by atoms with van der Waals surface area (Å²) in [6.07, 6.45) is 4.82. The highest BCUT2D eigenvalue weighted by molar-refractivity contribution is 5.59. The minimum atomic E-state index is 0.218. The van der Waals surface area contributed by atoms with Crippen LogP contribution in [-0.4, -0.2) is 36.2 Å². The first-order valence-electron chi connectivity index (χ1n) is 6.91. The van der Waals surface area contributed by atoms with E-state index in [0.29, 0.717) is 11.9 Å². The van der Waals surface area contributed by atoms with E-state index in [4.69, 9.17) is 16.2 Å². The first kappa shape index (κ1) is 12.5. The lowest BCUT2D eigenvalue weighted by Crippen LogP contribution is -2.56. The normalized spacial score (nSPS) is 20.6. The van der Waals surface area contributed by atoms with Crippen molar-refractivity contribution in [3.05, 3.63) is 5.69 Å². The number of ether oxygens (including phenoxy) is 1.